The minimum atomic E-state index is -0.532. The first-order valence-corrected chi connectivity index (χ1v) is 14.6. The fraction of sp³-hybridized carbons (Fsp3) is 0.0488. The first-order valence-electron chi connectivity index (χ1n) is 14.6. The van der Waals surface area contributed by atoms with Crippen LogP contribution in [0.3, 0.4) is 0 Å². The van der Waals surface area contributed by atoms with Gasteiger partial charge in [0.1, 0.15) is 0 Å². The maximum atomic E-state index is 9.58. The number of fused-ring (bicyclic) bond motifs is 5. The second-order valence-electron chi connectivity index (χ2n) is 11.0. The zero-order valence-corrected chi connectivity index (χ0v) is 23.7. The Hall–Kier alpha value is -5.65. The molecule has 2 nitrogen and oxygen atoms in total. The fourth-order valence-corrected chi connectivity index (χ4v) is 6.86. The lowest BCUT2D eigenvalue weighted by molar-refractivity contribution is 0.768. The Bertz CT molecular complexity index is 2010. The lowest BCUT2D eigenvalue weighted by atomic mass is 9.67. The van der Waals surface area contributed by atoms with E-state index in [0.29, 0.717) is 12.0 Å². The van der Waals surface area contributed by atoms with Crippen LogP contribution in [0.25, 0.3) is 33.0 Å². The van der Waals surface area contributed by atoms with Crippen LogP contribution in [0.2, 0.25) is 0 Å². The molecule has 0 aliphatic heterocycles. The van der Waals surface area contributed by atoms with Crippen LogP contribution in [-0.2, 0) is 11.8 Å². The largest absolute Gasteiger partial charge is 0.405 e. The molecule has 1 aliphatic carbocycles. The number of benzene rings is 6. The van der Waals surface area contributed by atoms with Crippen LogP contribution in [0.4, 0.5) is 0 Å². The van der Waals surface area contributed by atoms with Crippen LogP contribution >= 0.6 is 0 Å². The predicted octanol–water partition coefficient (Wildman–Crippen LogP) is 9.33. The van der Waals surface area contributed by atoms with E-state index in [1.165, 1.54) is 61.5 Å². The molecule has 43 heavy (non-hydrogen) atoms. The van der Waals surface area contributed by atoms with Gasteiger partial charge in [0, 0.05) is 5.57 Å². The number of allylic oxidation sites excluding steroid dienone is 3. The van der Waals surface area contributed by atoms with Crippen molar-refractivity contribution in [3.05, 3.63) is 191 Å². The Balaban J connectivity index is 1.61. The molecule has 0 heterocycles. The van der Waals surface area contributed by atoms with Crippen LogP contribution in [-0.4, -0.2) is 0 Å². The molecule has 6 aromatic rings. The summed E-state index contributed by atoms with van der Waals surface area (Å²) >= 11 is 0. The van der Waals surface area contributed by atoms with Gasteiger partial charge >= 0.3 is 0 Å². The molecular weight excluding hydrogens is 520 g/mol. The maximum absolute atomic E-state index is 9.58. The van der Waals surface area contributed by atoms with Crippen molar-refractivity contribution in [2.45, 2.75) is 11.8 Å². The van der Waals surface area contributed by atoms with Crippen molar-refractivity contribution in [3.8, 4) is 28.3 Å². The van der Waals surface area contributed by atoms with Crippen LogP contribution in [0, 0.1) is 11.3 Å². The standard InChI is InChI=1S/C41H30N2/c42-25-24-30(28-43)21-20-29-22-23-36-38(26-29)41(32-14-6-2-7-15-32,33-16-8-3-9-17-33)39-27-37(31-12-4-1-5-13-31)34-18-10-11-19-35(34)40(36)39/h1-19,21-27H,20,42H2/b25-24-,30-21+. The van der Waals surface area contributed by atoms with Gasteiger partial charge in [0.15, 0.2) is 0 Å². The van der Waals surface area contributed by atoms with Gasteiger partial charge < -0.3 is 5.73 Å². The molecule has 0 bridgehead atoms. The normalized spacial score (nSPS) is 13.5. The lowest BCUT2D eigenvalue weighted by Crippen LogP contribution is -2.28. The summed E-state index contributed by atoms with van der Waals surface area (Å²) in [4.78, 5) is 0. The van der Waals surface area contributed by atoms with Crippen molar-refractivity contribution in [1.29, 1.82) is 5.26 Å². The fourth-order valence-electron chi connectivity index (χ4n) is 6.86. The molecule has 0 atom stereocenters. The van der Waals surface area contributed by atoms with Crippen LogP contribution in [0.5, 0.6) is 0 Å². The zero-order valence-electron chi connectivity index (χ0n) is 23.7. The molecule has 0 spiro atoms. The summed E-state index contributed by atoms with van der Waals surface area (Å²) < 4.78 is 0. The summed E-state index contributed by atoms with van der Waals surface area (Å²) in [5.41, 5.74) is 16.7. The molecule has 1 aliphatic rings. The average Bonchev–Trinajstić information content (AvgIpc) is 3.38. The van der Waals surface area contributed by atoms with Crippen molar-refractivity contribution < 1.29 is 0 Å². The van der Waals surface area contributed by atoms with Crippen LogP contribution in [0.1, 0.15) is 27.8 Å². The molecule has 0 saturated carbocycles. The second kappa shape index (κ2) is 11.0. The SMILES string of the molecule is N#CC(/C=C\N)=C/Cc1ccc2c(c1)C(c1ccccc1)(c1ccccc1)c1cc(-c3ccccc3)c3ccccc3c1-2. The van der Waals surface area contributed by atoms with Gasteiger partial charge in [-0.05, 0) is 85.6 Å². The molecule has 7 rings (SSSR count). The van der Waals surface area contributed by atoms with Crippen molar-refractivity contribution in [3.63, 3.8) is 0 Å². The minimum absolute atomic E-state index is 0.532. The summed E-state index contributed by atoms with van der Waals surface area (Å²) in [6, 6.07) is 52.8. The summed E-state index contributed by atoms with van der Waals surface area (Å²) in [6.45, 7) is 0. The summed E-state index contributed by atoms with van der Waals surface area (Å²) in [5, 5.41) is 12.1. The van der Waals surface area contributed by atoms with E-state index in [9.17, 15) is 5.26 Å². The molecule has 2 N–H and O–H groups in total. The van der Waals surface area contributed by atoms with E-state index < -0.39 is 5.41 Å². The number of nitrogens with two attached hydrogens (primary N) is 1. The van der Waals surface area contributed by atoms with Crippen molar-refractivity contribution in [2.24, 2.45) is 5.73 Å². The second-order valence-corrected chi connectivity index (χ2v) is 11.0. The minimum Gasteiger partial charge on any atom is -0.405 e. The van der Waals surface area contributed by atoms with Crippen LogP contribution < -0.4 is 5.73 Å². The summed E-state index contributed by atoms with van der Waals surface area (Å²) in [6.07, 6.45) is 5.65. The van der Waals surface area contributed by atoms with E-state index in [4.69, 9.17) is 5.73 Å². The molecule has 0 unspecified atom stereocenters. The molecular formula is C41H30N2. The summed E-state index contributed by atoms with van der Waals surface area (Å²) in [7, 11) is 0. The third kappa shape index (κ3) is 4.26. The van der Waals surface area contributed by atoms with Gasteiger partial charge in [-0.2, -0.15) is 5.26 Å². The molecule has 6 aromatic carbocycles. The van der Waals surface area contributed by atoms with Gasteiger partial charge in [0.05, 0.1) is 11.5 Å². The topological polar surface area (TPSA) is 49.8 Å². The number of hydrogen-bond acceptors (Lipinski definition) is 2. The average molecular weight is 551 g/mol. The highest BCUT2D eigenvalue weighted by molar-refractivity contribution is 6.10. The molecule has 0 aromatic heterocycles. The van der Waals surface area contributed by atoms with Crippen molar-refractivity contribution in [1.82, 2.24) is 0 Å². The van der Waals surface area contributed by atoms with E-state index >= 15 is 0 Å². The highest BCUT2D eigenvalue weighted by Crippen LogP contribution is 2.59. The highest BCUT2D eigenvalue weighted by atomic mass is 14.5. The van der Waals surface area contributed by atoms with Gasteiger partial charge in [0.25, 0.3) is 0 Å². The molecule has 204 valence electrons. The van der Waals surface area contributed by atoms with Gasteiger partial charge in [-0.1, -0.05) is 140 Å². The quantitative estimate of drug-likeness (QED) is 0.166. The number of nitriles is 1. The van der Waals surface area contributed by atoms with E-state index in [-0.39, 0.29) is 0 Å². The van der Waals surface area contributed by atoms with Crippen molar-refractivity contribution in [2.75, 3.05) is 0 Å². The highest BCUT2D eigenvalue weighted by Gasteiger charge is 2.47. The van der Waals surface area contributed by atoms with E-state index in [2.05, 4.69) is 146 Å². The molecule has 0 saturated heterocycles. The molecule has 0 amide bonds. The predicted molar refractivity (Wildman–Crippen MR) is 177 cm³/mol. The smallest absolute Gasteiger partial charge is 0.0988 e. The monoisotopic (exact) mass is 550 g/mol. The van der Waals surface area contributed by atoms with Gasteiger partial charge in [-0.15, -0.1) is 0 Å². The number of nitrogens with zero attached hydrogens (tertiary/aromatic N) is 1. The van der Waals surface area contributed by atoms with Gasteiger partial charge in [-0.25, -0.2) is 0 Å². The molecule has 0 fully saturated rings. The van der Waals surface area contributed by atoms with Gasteiger partial charge in [0.2, 0.25) is 0 Å². The van der Waals surface area contributed by atoms with Gasteiger partial charge in [-0.3, -0.25) is 0 Å². The third-order valence-electron chi connectivity index (χ3n) is 8.67. The molecule has 2 heteroatoms. The van der Waals surface area contributed by atoms with E-state index in [1.807, 2.05) is 6.08 Å². The zero-order chi connectivity index (χ0) is 29.2. The van der Waals surface area contributed by atoms with Crippen LogP contribution in [0.15, 0.2) is 163 Å². The van der Waals surface area contributed by atoms with Crippen molar-refractivity contribution >= 4 is 10.8 Å². The number of rotatable bonds is 6. The Kier molecular flexibility index (Phi) is 6.70. The first kappa shape index (κ1) is 26.3. The Morgan fingerprint density at radius 3 is 1.88 bits per heavy atom. The maximum Gasteiger partial charge on any atom is 0.0988 e. The number of hydrogen-bond donors (Lipinski definition) is 1. The summed E-state index contributed by atoms with van der Waals surface area (Å²) in [5.74, 6) is 0. The molecule has 0 radical (unpaired) electrons. The lowest BCUT2D eigenvalue weighted by Gasteiger charge is -2.34. The Morgan fingerprint density at radius 1 is 0.651 bits per heavy atom. The Morgan fingerprint density at radius 2 is 1.26 bits per heavy atom. The first-order chi connectivity index (χ1) is 21.3. The van der Waals surface area contributed by atoms with E-state index in [1.54, 1.807) is 6.08 Å². The third-order valence-corrected chi connectivity index (χ3v) is 8.67. The van der Waals surface area contributed by atoms with E-state index in [0.717, 1.165) is 5.56 Å². The Labute approximate surface area is 252 Å².